The molecule has 0 aliphatic carbocycles. The Hall–Kier alpha value is -1.60. The second-order valence-corrected chi connectivity index (χ2v) is 4.05. The monoisotopic (exact) mass is 203 g/mol. The van der Waals surface area contributed by atoms with E-state index in [1.54, 1.807) is 17.4 Å². The molecule has 0 saturated carbocycles. The van der Waals surface area contributed by atoms with Crippen molar-refractivity contribution >= 4 is 11.3 Å². The van der Waals surface area contributed by atoms with E-state index in [1.807, 2.05) is 29.1 Å². The van der Waals surface area contributed by atoms with E-state index >= 15 is 0 Å². The van der Waals surface area contributed by atoms with Crippen LogP contribution in [0.25, 0.3) is 0 Å². The van der Waals surface area contributed by atoms with Crippen LogP contribution in [-0.4, -0.2) is 9.78 Å². The van der Waals surface area contributed by atoms with Crippen LogP contribution in [0.4, 0.5) is 0 Å². The Kier molecular flexibility index (Phi) is 2.33. The second kappa shape index (κ2) is 3.64. The van der Waals surface area contributed by atoms with Crippen molar-refractivity contribution in [3.63, 3.8) is 0 Å². The van der Waals surface area contributed by atoms with Gasteiger partial charge in [0.2, 0.25) is 0 Å². The predicted molar refractivity (Wildman–Crippen MR) is 55.1 cm³/mol. The molecule has 2 heterocycles. The van der Waals surface area contributed by atoms with Gasteiger partial charge in [0.05, 0.1) is 6.54 Å². The van der Waals surface area contributed by atoms with Gasteiger partial charge in [-0.1, -0.05) is 6.07 Å². The topological polar surface area (TPSA) is 41.6 Å². The van der Waals surface area contributed by atoms with Crippen molar-refractivity contribution in [3.05, 3.63) is 39.8 Å². The van der Waals surface area contributed by atoms with Gasteiger partial charge in [-0.15, -0.1) is 11.3 Å². The standard InChI is InChI=1S/C10H9N3S/c1-8-5-9(6-11)12-13(8)7-10-3-2-4-14-10/h2-5H,7H2,1H3. The zero-order chi connectivity index (χ0) is 9.97. The van der Waals surface area contributed by atoms with E-state index < -0.39 is 0 Å². The van der Waals surface area contributed by atoms with Crippen LogP contribution in [0.3, 0.4) is 0 Å². The fourth-order valence-corrected chi connectivity index (χ4v) is 1.96. The van der Waals surface area contributed by atoms with E-state index in [4.69, 9.17) is 5.26 Å². The first kappa shape index (κ1) is 8.97. The number of hydrogen-bond acceptors (Lipinski definition) is 3. The average molecular weight is 203 g/mol. The molecule has 2 rings (SSSR count). The van der Waals surface area contributed by atoms with E-state index in [2.05, 4.69) is 11.2 Å². The zero-order valence-electron chi connectivity index (χ0n) is 7.77. The summed E-state index contributed by atoms with van der Waals surface area (Å²) >= 11 is 1.70. The minimum atomic E-state index is 0.485. The van der Waals surface area contributed by atoms with Gasteiger partial charge in [-0.3, -0.25) is 4.68 Å². The van der Waals surface area contributed by atoms with Gasteiger partial charge in [0.25, 0.3) is 0 Å². The summed E-state index contributed by atoms with van der Waals surface area (Å²) in [7, 11) is 0. The van der Waals surface area contributed by atoms with Crippen LogP contribution in [-0.2, 0) is 6.54 Å². The van der Waals surface area contributed by atoms with Crippen LogP contribution in [0.1, 0.15) is 16.3 Å². The number of aryl methyl sites for hydroxylation is 1. The van der Waals surface area contributed by atoms with Gasteiger partial charge in [-0.2, -0.15) is 10.4 Å². The summed E-state index contributed by atoms with van der Waals surface area (Å²) in [6.45, 7) is 2.71. The third-order valence-electron chi connectivity index (χ3n) is 1.98. The largest absolute Gasteiger partial charge is 0.263 e. The molecule has 70 valence electrons. The van der Waals surface area contributed by atoms with Crippen molar-refractivity contribution in [2.24, 2.45) is 0 Å². The number of rotatable bonds is 2. The van der Waals surface area contributed by atoms with E-state index in [0.29, 0.717) is 5.69 Å². The maximum absolute atomic E-state index is 8.68. The molecule has 0 amide bonds. The van der Waals surface area contributed by atoms with Crippen LogP contribution < -0.4 is 0 Å². The van der Waals surface area contributed by atoms with Gasteiger partial charge in [0.15, 0.2) is 5.69 Å². The highest BCUT2D eigenvalue weighted by molar-refractivity contribution is 7.09. The lowest BCUT2D eigenvalue weighted by atomic mass is 10.4. The van der Waals surface area contributed by atoms with Crippen molar-refractivity contribution < 1.29 is 0 Å². The molecule has 0 fully saturated rings. The molecule has 0 unspecified atom stereocenters. The molecule has 0 N–H and O–H groups in total. The number of aromatic nitrogens is 2. The smallest absolute Gasteiger partial charge is 0.162 e. The number of nitriles is 1. The molecular formula is C10H9N3S. The van der Waals surface area contributed by atoms with Crippen molar-refractivity contribution in [2.75, 3.05) is 0 Å². The first-order chi connectivity index (χ1) is 6.79. The Balaban J connectivity index is 2.26. The minimum absolute atomic E-state index is 0.485. The molecule has 14 heavy (non-hydrogen) atoms. The molecule has 0 aliphatic rings. The van der Waals surface area contributed by atoms with Crippen molar-refractivity contribution in [3.8, 4) is 6.07 Å². The fraction of sp³-hybridized carbons (Fsp3) is 0.200. The number of thiophene rings is 1. The number of nitrogens with zero attached hydrogens (tertiary/aromatic N) is 3. The molecule has 0 spiro atoms. The van der Waals surface area contributed by atoms with Crippen LogP contribution in [0.2, 0.25) is 0 Å². The molecule has 2 aromatic rings. The lowest BCUT2D eigenvalue weighted by molar-refractivity contribution is 0.670. The van der Waals surface area contributed by atoms with E-state index in [-0.39, 0.29) is 0 Å². The zero-order valence-corrected chi connectivity index (χ0v) is 8.58. The van der Waals surface area contributed by atoms with Crippen LogP contribution in [0.15, 0.2) is 23.6 Å². The summed E-state index contributed by atoms with van der Waals surface area (Å²) < 4.78 is 1.85. The molecular weight excluding hydrogens is 194 g/mol. The van der Waals surface area contributed by atoms with E-state index in [1.165, 1.54) is 4.88 Å². The average Bonchev–Trinajstić information content (AvgIpc) is 2.78. The Morgan fingerprint density at radius 3 is 3.07 bits per heavy atom. The Morgan fingerprint density at radius 2 is 2.50 bits per heavy atom. The summed E-state index contributed by atoms with van der Waals surface area (Å²) in [5.74, 6) is 0. The van der Waals surface area contributed by atoms with Crippen molar-refractivity contribution in [1.29, 1.82) is 5.26 Å². The molecule has 0 saturated heterocycles. The molecule has 2 aromatic heterocycles. The van der Waals surface area contributed by atoms with Gasteiger partial charge in [-0.05, 0) is 24.4 Å². The highest BCUT2D eigenvalue weighted by Gasteiger charge is 2.04. The summed E-state index contributed by atoms with van der Waals surface area (Å²) in [5.41, 5.74) is 1.51. The lowest BCUT2D eigenvalue weighted by Gasteiger charge is -2.00. The van der Waals surface area contributed by atoms with Gasteiger partial charge in [0, 0.05) is 10.6 Å². The molecule has 0 atom stereocenters. The highest BCUT2D eigenvalue weighted by atomic mass is 32.1. The van der Waals surface area contributed by atoms with Crippen LogP contribution >= 0.6 is 11.3 Å². The van der Waals surface area contributed by atoms with E-state index in [9.17, 15) is 0 Å². The van der Waals surface area contributed by atoms with Crippen molar-refractivity contribution in [2.45, 2.75) is 13.5 Å². The Morgan fingerprint density at radius 1 is 1.64 bits per heavy atom. The summed E-state index contributed by atoms with van der Waals surface area (Å²) in [6.07, 6.45) is 0. The lowest BCUT2D eigenvalue weighted by Crippen LogP contribution is -2.02. The normalized spacial score (nSPS) is 10.0. The third kappa shape index (κ3) is 1.68. The first-order valence-corrected chi connectivity index (χ1v) is 5.14. The van der Waals surface area contributed by atoms with Gasteiger partial charge in [-0.25, -0.2) is 0 Å². The maximum atomic E-state index is 8.68. The minimum Gasteiger partial charge on any atom is -0.263 e. The predicted octanol–water partition coefficient (Wildman–Crippen LogP) is 2.17. The summed E-state index contributed by atoms with van der Waals surface area (Å²) in [4.78, 5) is 1.25. The summed E-state index contributed by atoms with van der Waals surface area (Å²) in [5, 5.41) is 14.9. The molecule has 0 radical (unpaired) electrons. The van der Waals surface area contributed by atoms with Gasteiger partial charge in [0.1, 0.15) is 6.07 Å². The molecule has 0 bridgehead atoms. The Bertz CT molecular complexity index is 462. The molecule has 0 aromatic carbocycles. The Labute approximate surface area is 86.2 Å². The van der Waals surface area contributed by atoms with Gasteiger partial charge < -0.3 is 0 Å². The third-order valence-corrected chi connectivity index (χ3v) is 2.84. The first-order valence-electron chi connectivity index (χ1n) is 4.26. The summed E-state index contributed by atoms with van der Waals surface area (Å²) in [6, 6.07) is 7.92. The van der Waals surface area contributed by atoms with Crippen LogP contribution in [0, 0.1) is 18.3 Å². The van der Waals surface area contributed by atoms with E-state index in [0.717, 1.165) is 12.2 Å². The van der Waals surface area contributed by atoms with Crippen molar-refractivity contribution in [1.82, 2.24) is 9.78 Å². The number of hydrogen-bond donors (Lipinski definition) is 0. The maximum Gasteiger partial charge on any atom is 0.162 e. The molecule has 4 heteroatoms. The highest BCUT2D eigenvalue weighted by Crippen LogP contribution is 2.12. The quantitative estimate of drug-likeness (QED) is 0.750. The molecule has 0 aliphatic heterocycles. The van der Waals surface area contributed by atoms with Gasteiger partial charge >= 0.3 is 0 Å². The fourth-order valence-electron chi connectivity index (χ4n) is 1.28. The molecule has 3 nitrogen and oxygen atoms in total. The SMILES string of the molecule is Cc1cc(C#N)nn1Cc1cccs1. The van der Waals surface area contributed by atoms with Crippen LogP contribution in [0.5, 0.6) is 0 Å². The second-order valence-electron chi connectivity index (χ2n) is 3.02.